The number of carbonyl (C=O) groups is 1. The molecule has 0 amide bonds. The van der Waals surface area contributed by atoms with Crippen LogP contribution in [0.4, 0.5) is 0 Å². The molecule has 37 heavy (non-hydrogen) atoms. The Bertz CT molecular complexity index is 961. The van der Waals surface area contributed by atoms with Crippen LogP contribution in [-0.2, 0) is 14.2 Å². The minimum atomic E-state index is -0.614. The molecule has 0 aromatic heterocycles. The molecule has 0 fully saturated rings. The first-order valence-electron chi connectivity index (χ1n) is 11.1. The molecule has 2 rings (SSSR count). The SMILES string of the molecule is COc1cc(OC)c(C(=O)Pc2c(OC(C)OC)cc(OC(C)OC)cc2OC(C)OC)c(OC)c1.[Li+]. The van der Waals surface area contributed by atoms with E-state index in [-0.39, 0.29) is 29.9 Å². The molecule has 2 aromatic carbocycles. The van der Waals surface area contributed by atoms with Gasteiger partial charge in [0.2, 0.25) is 0 Å². The molecule has 0 aliphatic carbocycles. The molecule has 10 nitrogen and oxygen atoms in total. The van der Waals surface area contributed by atoms with Crippen molar-refractivity contribution < 1.29 is 66.3 Å². The van der Waals surface area contributed by atoms with Crippen molar-refractivity contribution in [1.29, 1.82) is 0 Å². The average Bonchev–Trinajstić information content (AvgIpc) is 2.88. The van der Waals surface area contributed by atoms with Crippen molar-refractivity contribution >= 4 is 19.4 Å². The summed E-state index contributed by atoms with van der Waals surface area (Å²) in [5.74, 6) is 2.24. The van der Waals surface area contributed by atoms with Crippen LogP contribution in [-0.4, -0.2) is 67.1 Å². The molecule has 0 aliphatic heterocycles. The molecule has 200 valence electrons. The van der Waals surface area contributed by atoms with Crippen molar-refractivity contribution in [3.05, 3.63) is 29.8 Å². The molecule has 2 aromatic rings. The first-order chi connectivity index (χ1) is 17.2. The van der Waals surface area contributed by atoms with Gasteiger partial charge in [0.25, 0.3) is 0 Å². The Balaban J connectivity index is 0.00000684. The normalized spacial score (nSPS) is 13.3. The maximum Gasteiger partial charge on any atom is 1.00 e. The number of hydrogen-bond acceptors (Lipinski definition) is 10. The Morgan fingerprint density at radius 2 is 1.03 bits per heavy atom. The molecule has 0 saturated heterocycles. The number of carbonyl (C=O) groups excluding carboxylic acids is 1. The summed E-state index contributed by atoms with van der Waals surface area (Å²) in [5, 5.41) is 0.491. The van der Waals surface area contributed by atoms with Gasteiger partial charge in [-0.2, -0.15) is 0 Å². The van der Waals surface area contributed by atoms with Crippen LogP contribution in [0.2, 0.25) is 0 Å². The number of rotatable bonds is 15. The van der Waals surface area contributed by atoms with Crippen LogP contribution in [0.3, 0.4) is 0 Å². The van der Waals surface area contributed by atoms with E-state index in [1.165, 1.54) is 42.7 Å². The summed E-state index contributed by atoms with van der Waals surface area (Å²) in [6.07, 6.45) is -1.76. The third-order valence-electron chi connectivity index (χ3n) is 5.10. The van der Waals surface area contributed by atoms with Crippen LogP contribution >= 0.6 is 8.58 Å². The predicted octanol–water partition coefficient (Wildman–Crippen LogP) is 0.974. The van der Waals surface area contributed by atoms with E-state index in [0.29, 0.717) is 39.8 Å². The van der Waals surface area contributed by atoms with Gasteiger partial charge in [0.1, 0.15) is 40.1 Å². The van der Waals surface area contributed by atoms with Gasteiger partial charge in [0, 0.05) is 45.6 Å². The van der Waals surface area contributed by atoms with Crippen molar-refractivity contribution in [3.63, 3.8) is 0 Å². The summed E-state index contributed by atoms with van der Waals surface area (Å²) in [7, 11) is 8.59. The summed E-state index contributed by atoms with van der Waals surface area (Å²) in [6, 6.07) is 6.57. The molecule has 0 radical (unpaired) electrons. The monoisotopic (exact) mass is 533 g/mol. The Morgan fingerprint density at radius 3 is 1.41 bits per heavy atom. The van der Waals surface area contributed by atoms with E-state index in [1.807, 2.05) is 0 Å². The zero-order valence-electron chi connectivity index (χ0n) is 23.1. The smallest absolute Gasteiger partial charge is 0.496 e. The van der Waals surface area contributed by atoms with Crippen molar-refractivity contribution in [2.45, 2.75) is 39.6 Å². The molecule has 0 saturated carbocycles. The summed E-state index contributed by atoms with van der Waals surface area (Å²) < 4.78 is 49.9. The number of hydrogen-bond donors (Lipinski definition) is 0. The zero-order valence-corrected chi connectivity index (χ0v) is 24.1. The van der Waals surface area contributed by atoms with E-state index >= 15 is 0 Å². The van der Waals surface area contributed by atoms with Gasteiger partial charge in [-0.05, 0) is 29.4 Å². The second-order valence-corrected chi connectivity index (χ2v) is 8.62. The first kappa shape index (κ1) is 32.8. The van der Waals surface area contributed by atoms with Crippen LogP contribution in [0, 0.1) is 0 Å². The second kappa shape index (κ2) is 15.9. The Labute approximate surface area is 232 Å². The van der Waals surface area contributed by atoms with Gasteiger partial charge in [-0.15, -0.1) is 0 Å². The molecule has 4 unspecified atom stereocenters. The molecule has 0 aliphatic rings. The third-order valence-corrected chi connectivity index (χ3v) is 6.32. The first-order valence-corrected chi connectivity index (χ1v) is 12.1. The van der Waals surface area contributed by atoms with Crippen LogP contribution in [0.15, 0.2) is 24.3 Å². The summed E-state index contributed by atoms with van der Waals surface area (Å²) in [5.41, 5.74) is -0.000865. The molecular formula is C25H35LiO10P+. The molecule has 0 bridgehead atoms. The zero-order chi connectivity index (χ0) is 26.8. The number of ether oxygens (including phenoxy) is 9. The molecule has 4 atom stereocenters. The van der Waals surface area contributed by atoms with E-state index in [2.05, 4.69) is 0 Å². The van der Waals surface area contributed by atoms with E-state index in [9.17, 15) is 4.79 Å². The Morgan fingerprint density at radius 1 is 0.622 bits per heavy atom. The predicted molar refractivity (Wildman–Crippen MR) is 136 cm³/mol. The molecular weight excluding hydrogens is 498 g/mol. The molecule has 0 N–H and O–H groups in total. The number of methoxy groups -OCH3 is 6. The van der Waals surface area contributed by atoms with Crippen LogP contribution in [0.5, 0.6) is 34.5 Å². The molecule has 12 heteroatoms. The van der Waals surface area contributed by atoms with Crippen LogP contribution in [0.25, 0.3) is 0 Å². The maximum absolute atomic E-state index is 13.7. The van der Waals surface area contributed by atoms with Gasteiger partial charge in [0.05, 0.1) is 26.6 Å². The van der Waals surface area contributed by atoms with Crippen LogP contribution < -0.4 is 52.6 Å². The third kappa shape index (κ3) is 8.96. The van der Waals surface area contributed by atoms with Gasteiger partial charge in [-0.25, -0.2) is 0 Å². The van der Waals surface area contributed by atoms with Crippen LogP contribution in [0.1, 0.15) is 31.1 Å². The summed E-state index contributed by atoms with van der Waals surface area (Å²) in [6.45, 7) is 5.21. The Kier molecular flexibility index (Phi) is 14.1. The van der Waals surface area contributed by atoms with Crippen molar-refractivity contribution in [1.82, 2.24) is 0 Å². The van der Waals surface area contributed by atoms with Crippen molar-refractivity contribution in [2.24, 2.45) is 0 Å². The molecule has 0 heterocycles. The standard InChI is InChI=1S/C25H35O10P.Li/c1-14(27-4)33-18-12-21(34-15(2)28-5)24(22(13-18)35-16(3)29-6)36-25(26)23-19(31-8)10-17(30-7)11-20(23)32-9;/h10-16,36H,1-9H3;/q;+1. The van der Waals surface area contributed by atoms with E-state index in [0.717, 1.165) is 0 Å². The average molecular weight is 533 g/mol. The Hall–Kier alpha value is -2.18. The summed E-state index contributed by atoms with van der Waals surface area (Å²) in [4.78, 5) is 13.7. The fourth-order valence-electron chi connectivity index (χ4n) is 3.04. The number of benzene rings is 2. The summed E-state index contributed by atoms with van der Waals surface area (Å²) >= 11 is 0. The van der Waals surface area contributed by atoms with Gasteiger partial charge in [-0.3, -0.25) is 4.79 Å². The van der Waals surface area contributed by atoms with Gasteiger partial charge in [-0.1, -0.05) is 0 Å². The maximum atomic E-state index is 13.7. The largest absolute Gasteiger partial charge is 1.00 e. The van der Waals surface area contributed by atoms with Gasteiger partial charge >= 0.3 is 18.9 Å². The minimum absolute atomic E-state index is 0. The fourth-order valence-corrected chi connectivity index (χ4v) is 4.15. The van der Waals surface area contributed by atoms with E-state index in [1.54, 1.807) is 45.0 Å². The topological polar surface area (TPSA) is 100 Å². The van der Waals surface area contributed by atoms with Gasteiger partial charge in [0.15, 0.2) is 24.4 Å². The van der Waals surface area contributed by atoms with Gasteiger partial charge < -0.3 is 42.6 Å². The van der Waals surface area contributed by atoms with Crippen molar-refractivity contribution in [3.8, 4) is 34.5 Å². The van der Waals surface area contributed by atoms with E-state index < -0.39 is 27.5 Å². The quantitative estimate of drug-likeness (QED) is 0.187. The van der Waals surface area contributed by atoms with E-state index in [4.69, 9.17) is 42.6 Å². The molecule has 0 spiro atoms. The second-order valence-electron chi connectivity index (χ2n) is 7.42. The fraction of sp³-hybridized carbons (Fsp3) is 0.480. The van der Waals surface area contributed by atoms with Crippen molar-refractivity contribution in [2.75, 3.05) is 42.7 Å². The minimum Gasteiger partial charge on any atom is -0.496 e.